The lowest BCUT2D eigenvalue weighted by Crippen LogP contribution is -2.06. The highest BCUT2D eigenvalue weighted by molar-refractivity contribution is 5.79. The summed E-state index contributed by atoms with van der Waals surface area (Å²) in [6, 6.07) is 9.56. The molecule has 1 aromatic heterocycles. The molecular formula is C16H10F3NO2. The van der Waals surface area contributed by atoms with Gasteiger partial charge in [-0.3, -0.25) is 0 Å². The number of hydrogen-bond donors (Lipinski definition) is 0. The fourth-order valence-electron chi connectivity index (χ4n) is 2.14. The minimum atomic E-state index is -4.47. The lowest BCUT2D eigenvalue weighted by atomic mass is 10.1. The third-order valence-corrected chi connectivity index (χ3v) is 3.22. The molecule has 0 amide bonds. The van der Waals surface area contributed by atoms with Crippen LogP contribution in [0.25, 0.3) is 22.4 Å². The summed E-state index contributed by atoms with van der Waals surface area (Å²) >= 11 is 0. The van der Waals surface area contributed by atoms with Crippen molar-refractivity contribution in [1.82, 2.24) is 4.98 Å². The lowest BCUT2D eigenvalue weighted by Gasteiger charge is -2.08. The van der Waals surface area contributed by atoms with Crippen molar-refractivity contribution < 1.29 is 17.6 Å². The number of fused-ring (bicyclic) bond motifs is 1. The van der Waals surface area contributed by atoms with Crippen molar-refractivity contribution in [2.45, 2.75) is 13.1 Å². The van der Waals surface area contributed by atoms with Crippen LogP contribution in [0.4, 0.5) is 13.2 Å². The standard InChI is InChI=1S/C16H10F3NO2/c1-9-5-6-13-12(7-9)15(21)22-14(20-13)10-3-2-4-11(8-10)16(17,18)19/h2-8H,1H3. The predicted octanol–water partition coefficient (Wildman–Crippen LogP) is 4.18. The molecule has 0 saturated heterocycles. The van der Waals surface area contributed by atoms with E-state index >= 15 is 0 Å². The Morgan fingerprint density at radius 3 is 2.59 bits per heavy atom. The second-order valence-electron chi connectivity index (χ2n) is 4.91. The molecule has 0 N–H and O–H groups in total. The van der Waals surface area contributed by atoms with E-state index in [1.165, 1.54) is 12.1 Å². The first-order chi connectivity index (χ1) is 10.3. The van der Waals surface area contributed by atoms with E-state index in [0.717, 1.165) is 17.7 Å². The molecule has 0 aliphatic heterocycles. The topological polar surface area (TPSA) is 43.1 Å². The van der Waals surface area contributed by atoms with Crippen molar-refractivity contribution in [1.29, 1.82) is 0 Å². The van der Waals surface area contributed by atoms with E-state index in [0.29, 0.717) is 10.9 Å². The van der Waals surface area contributed by atoms with Crippen molar-refractivity contribution in [3.63, 3.8) is 0 Å². The minimum Gasteiger partial charge on any atom is -0.403 e. The third kappa shape index (κ3) is 2.59. The van der Waals surface area contributed by atoms with Gasteiger partial charge in [-0.2, -0.15) is 13.2 Å². The van der Waals surface area contributed by atoms with Gasteiger partial charge in [-0.1, -0.05) is 17.7 Å². The Morgan fingerprint density at radius 2 is 1.86 bits per heavy atom. The van der Waals surface area contributed by atoms with Crippen LogP contribution in [0.15, 0.2) is 51.7 Å². The molecule has 0 aliphatic rings. The maximum absolute atomic E-state index is 12.7. The van der Waals surface area contributed by atoms with Crippen molar-refractivity contribution in [2.75, 3.05) is 0 Å². The molecular weight excluding hydrogens is 295 g/mol. The van der Waals surface area contributed by atoms with Gasteiger partial charge in [0.2, 0.25) is 5.89 Å². The Hall–Kier alpha value is -2.63. The molecule has 3 rings (SSSR count). The predicted molar refractivity (Wildman–Crippen MR) is 75.5 cm³/mol. The summed E-state index contributed by atoms with van der Waals surface area (Å²) in [6.45, 7) is 1.82. The molecule has 2 aromatic carbocycles. The molecule has 0 unspecified atom stereocenters. The number of nitrogens with zero attached hydrogens (tertiary/aromatic N) is 1. The Balaban J connectivity index is 2.19. The molecule has 0 radical (unpaired) electrons. The highest BCUT2D eigenvalue weighted by atomic mass is 19.4. The van der Waals surface area contributed by atoms with Gasteiger partial charge in [-0.15, -0.1) is 0 Å². The summed E-state index contributed by atoms with van der Waals surface area (Å²) in [5, 5.41) is 0.302. The lowest BCUT2D eigenvalue weighted by molar-refractivity contribution is -0.137. The molecule has 3 nitrogen and oxygen atoms in total. The maximum Gasteiger partial charge on any atom is 0.416 e. The zero-order valence-electron chi connectivity index (χ0n) is 11.4. The van der Waals surface area contributed by atoms with Crippen LogP contribution >= 0.6 is 0 Å². The van der Waals surface area contributed by atoms with E-state index in [2.05, 4.69) is 4.98 Å². The van der Waals surface area contributed by atoms with Gasteiger partial charge in [0.15, 0.2) is 0 Å². The fourth-order valence-corrected chi connectivity index (χ4v) is 2.14. The summed E-state index contributed by atoms with van der Waals surface area (Å²) in [5.74, 6) is -0.132. The summed E-state index contributed by atoms with van der Waals surface area (Å²) < 4.78 is 43.3. The Labute approximate surface area is 123 Å². The van der Waals surface area contributed by atoms with Crippen LogP contribution in [0.3, 0.4) is 0 Å². The number of rotatable bonds is 1. The van der Waals surface area contributed by atoms with E-state index < -0.39 is 17.4 Å². The van der Waals surface area contributed by atoms with E-state index in [-0.39, 0.29) is 11.5 Å². The summed E-state index contributed by atoms with van der Waals surface area (Å²) in [7, 11) is 0. The number of benzene rings is 2. The Morgan fingerprint density at radius 1 is 1.09 bits per heavy atom. The first kappa shape index (κ1) is 14.3. The monoisotopic (exact) mass is 305 g/mol. The quantitative estimate of drug-likeness (QED) is 0.677. The SMILES string of the molecule is Cc1ccc2nc(-c3cccc(C(F)(F)F)c3)oc(=O)c2c1. The molecule has 112 valence electrons. The highest BCUT2D eigenvalue weighted by Gasteiger charge is 2.30. The van der Waals surface area contributed by atoms with Gasteiger partial charge in [0.1, 0.15) is 0 Å². The first-order valence-electron chi connectivity index (χ1n) is 6.44. The first-order valence-corrected chi connectivity index (χ1v) is 6.44. The number of hydrogen-bond acceptors (Lipinski definition) is 3. The van der Waals surface area contributed by atoms with Crippen molar-refractivity contribution in [3.05, 3.63) is 64.0 Å². The van der Waals surface area contributed by atoms with Gasteiger partial charge in [-0.05, 0) is 37.3 Å². The molecule has 0 bridgehead atoms. The average Bonchev–Trinajstić information content (AvgIpc) is 2.47. The average molecular weight is 305 g/mol. The maximum atomic E-state index is 12.7. The van der Waals surface area contributed by atoms with Gasteiger partial charge in [0.25, 0.3) is 0 Å². The minimum absolute atomic E-state index is 0.106. The second-order valence-corrected chi connectivity index (χ2v) is 4.91. The van der Waals surface area contributed by atoms with Gasteiger partial charge < -0.3 is 4.42 Å². The molecule has 0 saturated carbocycles. The molecule has 0 atom stereocenters. The molecule has 0 fully saturated rings. The third-order valence-electron chi connectivity index (χ3n) is 3.22. The Bertz CT molecular complexity index is 913. The van der Waals surface area contributed by atoms with Gasteiger partial charge in [0, 0.05) is 5.56 Å². The number of aryl methyl sites for hydroxylation is 1. The van der Waals surface area contributed by atoms with Gasteiger partial charge >= 0.3 is 11.8 Å². The van der Waals surface area contributed by atoms with E-state index in [4.69, 9.17) is 4.42 Å². The second kappa shape index (κ2) is 4.98. The molecule has 3 aromatic rings. The van der Waals surface area contributed by atoms with Crippen molar-refractivity contribution >= 4 is 10.9 Å². The summed E-state index contributed by atoms with van der Waals surface area (Å²) in [5.41, 5.74) is -0.0864. The van der Waals surface area contributed by atoms with Crippen molar-refractivity contribution in [3.8, 4) is 11.5 Å². The normalized spacial score (nSPS) is 11.8. The summed E-state index contributed by atoms with van der Waals surface area (Å²) in [6.07, 6.45) is -4.47. The van der Waals surface area contributed by atoms with Crippen molar-refractivity contribution in [2.24, 2.45) is 0 Å². The Kier molecular flexibility index (Phi) is 3.24. The fraction of sp³-hybridized carbons (Fsp3) is 0.125. The molecule has 1 heterocycles. The van der Waals surface area contributed by atoms with Gasteiger partial charge in [0.05, 0.1) is 16.5 Å². The van der Waals surface area contributed by atoms with E-state index in [1.807, 2.05) is 6.92 Å². The van der Waals surface area contributed by atoms with E-state index in [9.17, 15) is 18.0 Å². The van der Waals surface area contributed by atoms with Crippen LogP contribution in [-0.2, 0) is 6.18 Å². The molecule has 0 spiro atoms. The smallest absolute Gasteiger partial charge is 0.403 e. The number of aromatic nitrogens is 1. The van der Waals surface area contributed by atoms with Crippen LogP contribution < -0.4 is 5.63 Å². The van der Waals surface area contributed by atoms with Crippen LogP contribution in [0, 0.1) is 6.92 Å². The van der Waals surface area contributed by atoms with Crippen LogP contribution in [0.2, 0.25) is 0 Å². The highest BCUT2D eigenvalue weighted by Crippen LogP contribution is 2.31. The number of halogens is 3. The molecule has 6 heteroatoms. The number of alkyl halides is 3. The van der Waals surface area contributed by atoms with Crippen LogP contribution in [0.5, 0.6) is 0 Å². The zero-order valence-corrected chi connectivity index (χ0v) is 11.4. The van der Waals surface area contributed by atoms with Crippen LogP contribution in [-0.4, -0.2) is 4.98 Å². The van der Waals surface area contributed by atoms with Crippen LogP contribution in [0.1, 0.15) is 11.1 Å². The van der Waals surface area contributed by atoms with E-state index in [1.54, 1.807) is 18.2 Å². The summed E-state index contributed by atoms with van der Waals surface area (Å²) in [4.78, 5) is 16.1. The molecule has 0 aliphatic carbocycles. The molecule has 22 heavy (non-hydrogen) atoms. The largest absolute Gasteiger partial charge is 0.416 e. The van der Waals surface area contributed by atoms with Gasteiger partial charge in [-0.25, -0.2) is 9.78 Å². The zero-order chi connectivity index (χ0) is 15.9.